The second-order valence-corrected chi connectivity index (χ2v) is 2.56. The number of benzene rings is 1. The number of rotatable bonds is 3. The molecule has 0 N–H and O–H groups in total. The second-order valence-electron chi connectivity index (χ2n) is 2.56. The van der Waals surface area contributed by atoms with E-state index in [9.17, 15) is 0 Å². The molecular formula is C11H13Zn-. The summed E-state index contributed by atoms with van der Waals surface area (Å²) in [6.45, 7) is 5.77. The van der Waals surface area contributed by atoms with Crippen LogP contribution in [0, 0.1) is 6.42 Å². The average molecular weight is 211 g/mol. The Balaban J connectivity index is 0.00000121. The summed E-state index contributed by atoms with van der Waals surface area (Å²) in [4.78, 5) is 0. The Labute approximate surface area is 87.4 Å². The molecule has 1 aromatic rings. The van der Waals surface area contributed by atoms with E-state index in [0.717, 1.165) is 6.42 Å². The van der Waals surface area contributed by atoms with Crippen molar-refractivity contribution in [3.63, 3.8) is 0 Å². The van der Waals surface area contributed by atoms with E-state index in [4.69, 9.17) is 0 Å². The molecule has 0 saturated carbocycles. The van der Waals surface area contributed by atoms with E-state index < -0.39 is 0 Å². The van der Waals surface area contributed by atoms with Crippen LogP contribution >= 0.6 is 0 Å². The van der Waals surface area contributed by atoms with Gasteiger partial charge in [-0.05, 0) is 5.56 Å². The van der Waals surface area contributed by atoms with Crippen molar-refractivity contribution < 1.29 is 19.5 Å². The molecule has 60 valence electrons. The monoisotopic (exact) mass is 209 g/mol. The van der Waals surface area contributed by atoms with Crippen molar-refractivity contribution in [2.45, 2.75) is 13.3 Å². The van der Waals surface area contributed by atoms with E-state index in [0.29, 0.717) is 0 Å². The van der Waals surface area contributed by atoms with Gasteiger partial charge in [-0.3, -0.25) is 0 Å². The van der Waals surface area contributed by atoms with Crippen molar-refractivity contribution in [3.8, 4) is 0 Å². The van der Waals surface area contributed by atoms with E-state index in [2.05, 4.69) is 44.2 Å². The molecule has 0 atom stereocenters. The molecule has 0 heterocycles. The van der Waals surface area contributed by atoms with Crippen LogP contribution in [0.4, 0.5) is 0 Å². The van der Waals surface area contributed by atoms with Crippen molar-refractivity contribution in [2.24, 2.45) is 0 Å². The maximum atomic E-state index is 3.70. The van der Waals surface area contributed by atoms with Crippen LogP contribution in [0.5, 0.6) is 0 Å². The van der Waals surface area contributed by atoms with Gasteiger partial charge in [-0.15, -0.1) is 0 Å². The van der Waals surface area contributed by atoms with Gasteiger partial charge in [0.15, 0.2) is 0 Å². The first-order valence-corrected chi connectivity index (χ1v) is 3.86. The molecule has 1 aromatic carbocycles. The minimum atomic E-state index is 0. The zero-order valence-electron chi connectivity index (χ0n) is 7.59. The van der Waals surface area contributed by atoms with Crippen LogP contribution in [0.1, 0.15) is 18.1 Å². The van der Waals surface area contributed by atoms with Gasteiger partial charge in [-0.1, -0.05) is 42.5 Å². The van der Waals surface area contributed by atoms with E-state index in [1.165, 1.54) is 11.1 Å². The SMILES string of the molecule is C=Cc1ccc(C[CH-]C)cc1.[Zn]. The topological polar surface area (TPSA) is 0 Å². The zero-order valence-corrected chi connectivity index (χ0v) is 10.6. The van der Waals surface area contributed by atoms with Crippen molar-refractivity contribution in [1.29, 1.82) is 0 Å². The van der Waals surface area contributed by atoms with Crippen molar-refractivity contribution >= 4 is 6.08 Å². The first kappa shape index (κ1) is 11.6. The van der Waals surface area contributed by atoms with Gasteiger partial charge in [0.25, 0.3) is 0 Å². The first-order chi connectivity index (χ1) is 5.36. The maximum absolute atomic E-state index is 3.70. The third-order valence-corrected chi connectivity index (χ3v) is 1.66. The summed E-state index contributed by atoms with van der Waals surface area (Å²) in [6, 6.07) is 8.45. The van der Waals surface area contributed by atoms with Crippen LogP contribution in [0.15, 0.2) is 30.8 Å². The summed E-state index contributed by atoms with van der Waals surface area (Å²) in [5.74, 6) is 0. The molecule has 0 aliphatic rings. The first-order valence-electron chi connectivity index (χ1n) is 3.86. The molecule has 0 radical (unpaired) electrons. The van der Waals surface area contributed by atoms with Crippen LogP contribution in [0.3, 0.4) is 0 Å². The van der Waals surface area contributed by atoms with Gasteiger partial charge in [0.05, 0.1) is 0 Å². The fourth-order valence-electron chi connectivity index (χ4n) is 1.03. The molecule has 0 nitrogen and oxygen atoms in total. The molecule has 0 spiro atoms. The van der Waals surface area contributed by atoms with Crippen LogP contribution in [-0.2, 0) is 25.9 Å². The third kappa shape index (κ3) is 3.32. The molecule has 0 aliphatic heterocycles. The predicted octanol–water partition coefficient (Wildman–Crippen LogP) is 3.09. The minimum Gasteiger partial charge on any atom is -0.327 e. The standard InChI is InChI=1S/C11H13.Zn/c1-3-5-11-8-6-10(4-2)7-9-11;/h3-4,6-9H,2,5H2,1H3;/q-1;. The van der Waals surface area contributed by atoms with E-state index in [1.54, 1.807) is 0 Å². The Morgan fingerprint density at radius 2 is 1.92 bits per heavy atom. The fourth-order valence-corrected chi connectivity index (χ4v) is 1.03. The van der Waals surface area contributed by atoms with Crippen molar-refractivity contribution in [2.75, 3.05) is 0 Å². The minimum absolute atomic E-state index is 0. The molecule has 0 aliphatic carbocycles. The van der Waals surface area contributed by atoms with Crippen LogP contribution in [0.2, 0.25) is 0 Å². The summed E-state index contributed by atoms with van der Waals surface area (Å²) >= 11 is 0. The molecular weight excluding hydrogens is 198 g/mol. The molecule has 0 unspecified atom stereocenters. The molecule has 0 saturated heterocycles. The Kier molecular flexibility index (Phi) is 5.93. The third-order valence-electron chi connectivity index (χ3n) is 1.66. The van der Waals surface area contributed by atoms with Crippen LogP contribution < -0.4 is 0 Å². The fraction of sp³-hybridized carbons (Fsp3) is 0.182. The van der Waals surface area contributed by atoms with Gasteiger partial charge in [0.2, 0.25) is 0 Å². The molecule has 0 fully saturated rings. The van der Waals surface area contributed by atoms with Crippen LogP contribution in [-0.4, -0.2) is 0 Å². The smallest absolute Gasteiger partial charge is 0 e. The van der Waals surface area contributed by atoms with Gasteiger partial charge in [0, 0.05) is 19.5 Å². The Morgan fingerprint density at radius 3 is 2.33 bits per heavy atom. The number of hydrogen-bond acceptors (Lipinski definition) is 0. The van der Waals surface area contributed by atoms with Crippen molar-refractivity contribution in [3.05, 3.63) is 48.4 Å². The van der Waals surface area contributed by atoms with Gasteiger partial charge in [-0.25, -0.2) is 0 Å². The Morgan fingerprint density at radius 1 is 1.33 bits per heavy atom. The normalized spacial score (nSPS) is 8.75. The van der Waals surface area contributed by atoms with Gasteiger partial charge in [-0.2, -0.15) is 13.3 Å². The molecule has 0 bridgehead atoms. The predicted molar refractivity (Wildman–Crippen MR) is 50.2 cm³/mol. The molecule has 1 rings (SSSR count). The summed E-state index contributed by atoms with van der Waals surface area (Å²) in [7, 11) is 0. The van der Waals surface area contributed by atoms with E-state index in [-0.39, 0.29) is 19.5 Å². The largest absolute Gasteiger partial charge is 0.327 e. The van der Waals surface area contributed by atoms with E-state index >= 15 is 0 Å². The van der Waals surface area contributed by atoms with Gasteiger partial charge in [0.1, 0.15) is 0 Å². The zero-order chi connectivity index (χ0) is 8.10. The quantitative estimate of drug-likeness (QED) is 0.531. The molecule has 12 heavy (non-hydrogen) atoms. The van der Waals surface area contributed by atoms with Crippen molar-refractivity contribution in [1.82, 2.24) is 0 Å². The van der Waals surface area contributed by atoms with Crippen LogP contribution in [0.25, 0.3) is 6.08 Å². The Hall–Kier alpha value is -0.417. The maximum Gasteiger partial charge on any atom is 0 e. The molecule has 1 heteroatoms. The molecule has 0 aromatic heterocycles. The Bertz CT molecular complexity index is 223. The van der Waals surface area contributed by atoms with Gasteiger partial charge >= 0.3 is 0 Å². The summed E-state index contributed by atoms with van der Waals surface area (Å²) in [6.07, 6.45) is 5.07. The molecule has 0 amide bonds. The number of hydrogen-bond donors (Lipinski definition) is 0. The summed E-state index contributed by atoms with van der Waals surface area (Å²) < 4.78 is 0. The second kappa shape index (κ2) is 6.14. The van der Waals surface area contributed by atoms with Gasteiger partial charge < -0.3 is 6.42 Å². The summed E-state index contributed by atoms with van der Waals surface area (Å²) in [5.41, 5.74) is 2.54. The average Bonchev–Trinajstić information content (AvgIpc) is 2.07. The van der Waals surface area contributed by atoms with E-state index in [1.807, 2.05) is 6.08 Å². The summed E-state index contributed by atoms with van der Waals surface area (Å²) in [5, 5.41) is 0.